The van der Waals surface area contributed by atoms with Crippen molar-refractivity contribution in [2.75, 3.05) is 18.9 Å². The molecule has 0 aliphatic carbocycles. The average Bonchev–Trinajstić information content (AvgIpc) is 2.77. The molecule has 0 aliphatic heterocycles. The minimum absolute atomic E-state index is 0.0604. The molecule has 0 bridgehead atoms. The quantitative estimate of drug-likeness (QED) is 0.194. The zero-order valence-electron chi connectivity index (χ0n) is 18.7. The highest BCUT2D eigenvalue weighted by atomic mass is 32.1. The summed E-state index contributed by atoms with van der Waals surface area (Å²) in [6.07, 6.45) is 4.13. The van der Waals surface area contributed by atoms with Crippen molar-refractivity contribution in [3.63, 3.8) is 0 Å². The van der Waals surface area contributed by atoms with E-state index in [9.17, 15) is 19.8 Å². The largest absolute Gasteiger partial charge is 0.480 e. The molecule has 8 heteroatoms. The van der Waals surface area contributed by atoms with Gasteiger partial charge in [0.25, 0.3) is 0 Å². The fraction of sp³-hybridized carbons (Fsp3) is 0.652. The van der Waals surface area contributed by atoms with Crippen molar-refractivity contribution >= 4 is 24.5 Å². The number of nitrogens with two attached hydrogens (primary N) is 1. The summed E-state index contributed by atoms with van der Waals surface area (Å²) < 4.78 is 0. The van der Waals surface area contributed by atoms with E-state index in [0.717, 1.165) is 24.8 Å². The Labute approximate surface area is 191 Å². The summed E-state index contributed by atoms with van der Waals surface area (Å²) in [5.74, 6) is -0.828. The molecule has 31 heavy (non-hydrogen) atoms. The molecule has 1 amide bonds. The van der Waals surface area contributed by atoms with Gasteiger partial charge in [0.05, 0.1) is 0 Å². The molecule has 176 valence electrons. The van der Waals surface area contributed by atoms with Crippen LogP contribution in [0.5, 0.6) is 0 Å². The second-order valence-electron chi connectivity index (χ2n) is 8.21. The molecule has 1 aromatic rings. The minimum Gasteiger partial charge on any atom is -0.480 e. The molecule has 7 nitrogen and oxygen atoms in total. The lowest BCUT2D eigenvalue weighted by molar-refractivity contribution is -0.156. The van der Waals surface area contributed by atoms with Crippen molar-refractivity contribution in [3.8, 4) is 0 Å². The molecular formula is C23H39N3O4S. The van der Waals surface area contributed by atoms with E-state index >= 15 is 0 Å². The number of benzene rings is 1. The number of hydrazine groups is 1. The van der Waals surface area contributed by atoms with Gasteiger partial charge in [0.1, 0.15) is 6.04 Å². The van der Waals surface area contributed by atoms with Crippen LogP contribution in [0.4, 0.5) is 0 Å². The number of rotatable bonds is 16. The van der Waals surface area contributed by atoms with Gasteiger partial charge in [-0.15, -0.1) is 0 Å². The highest BCUT2D eigenvalue weighted by Gasteiger charge is 2.33. The third-order valence-electron chi connectivity index (χ3n) is 5.62. The second-order valence-corrected chi connectivity index (χ2v) is 8.58. The van der Waals surface area contributed by atoms with E-state index in [4.69, 9.17) is 5.73 Å². The van der Waals surface area contributed by atoms with E-state index in [2.05, 4.69) is 31.9 Å². The molecule has 0 spiro atoms. The van der Waals surface area contributed by atoms with Crippen molar-refractivity contribution in [1.29, 1.82) is 0 Å². The Balaban J connectivity index is 3.10. The Morgan fingerprint density at radius 3 is 2.42 bits per heavy atom. The van der Waals surface area contributed by atoms with Crippen molar-refractivity contribution in [2.24, 2.45) is 17.6 Å². The number of aliphatic carboxylic acids is 1. The molecule has 5 N–H and O–H groups in total. The van der Waals surface area contributed by atoms with Crippen molar-refractivity contribution in [1.82, 2.24) is 10.4 Å². The third-order valence-corrected chi connectivity index (χ3v) is 6.08. The molecule has 0 radical (unpaired) electrons. The van der Waals surface area contributed by atoms with Gasteiger partial charge in [0.2, 0.25) is 5.91 Å². The number of thiol groups is 1. The molecular weight excluding hydrogens is 414 g/mol. The summed E-state index contributed by atoms with van der Waals surface area (Å²) >= 11 is 4.16. The van der Waals surface area contributed by atoms with Gasteiger partial charge in [-0.1, -0.05) is 63.4 Å². The number of nitrogens with zero attached hydrogens (tertiary/aromatic N) is 1. The lowest BCUT2D eigenvalue weighted by atomic mass is 9.90. The number of carbonyl (C=O) groups is 2. The van der Waals surface area contributed by atoms with Crippen LogP contribution < -0.4 is 11.2 Å². The van der Waals surface area contributed by atoms with Gasteiger partial charge in [0.15, 0.2) is 0 Å². The van der Waals surface area contributed by atoms with Gasteiger partial charge in [-0.3, -0.25) is 9.80 Å². The zero-order valence-corrected chi connectivity index (χ0v) is 19.6. The minimum atomic E-state index is -1.17. The van der Waals surface area contributed by atoms with Crippen LogP contribution in [0.3, 0.4) is 0 Å². The van der Waals surface area contributed by atoms with E-state index in [-0.39, 0.29) is 37.4 Å². The molecule has 1 unspecified atom stereocenters. The number of aliphatic hydroxyl groups excluding tert-OH is 1. The fourth-order valence-electron chi connectivity index (χ4n) is 3.43. The molecule has 0 fully saturated rings. The van der Waals surface area contributed by atoms with Crippen LogP contribution in [-0.4, -0.2) is 58.1 Å². The number of hydrogen-bond acceptors (Lipinski definition) is 6. The van der Waals surface area contributed by atoms with Gasteiger partial charge >= 0.3 is 5.97 Å². The number of aliphatic hydroxyl groups is 1. The van der Waals surface area contributed by atoms with Crippen LogP contribution in [-0.2, 0) is 16.0 Å². The summed E-state index contributed by atoms with van der Waals surface area (Å²) in [5.41, 5.74) is 9.89. The first kappa shape index (κ1) is 27.4. The Kier molecular flexibility index (Phi) is 13.5. The topological polar surface area (TPSA) is 116 Å². The lowest BCUT2D eigenvalue weighted by Gasteiger charge is -2.33. The van der Waals surface area contributed by atoms with Crippen LogP contribution in [0.1, 0.15) is 51.5 Å². The van der Waals surface area contributed by atoms with E-state index in [1.165, 1.54) is 5.01 Å². The van der Waals surface area contributed by atoms with Crippen molar-refractivity contribution in [3.05, 3.63) is 35.9 Å². The molecule has 0 saturated heterocycles. The number of carboxylic acids is 1. The number of nitrogens with one attached hydrogen (secondary N) is 1. The first-order chi connectivity index (χ1) is 14.8. The summed E-state index contributed by atoms with van der Waals surface area (Å²) in [7, 11) is 0. The summed E-state index contributed by atoms with van der Waals surface area (Å²) in [4.78, 5) is 25.5. The standard InChI is InChI=1S/C23H39N3O4S/c1-3-17(2)8-7-11-19(14-18-9-5-4-6-10-18)22(28)26(25-15-20(24)16-31)21(12-13-27)23(29)30/h4-6,9-10,17,19-21,25,27,31H,3,7-8,11-16,24H2,1-2H3,(H,29,30)/t17-,19?,20+,21+/m0/s1. The predicted octanol–water partition coefficient (Wildman–Crippen LogP) is 2.49. The molecule has 0 heterocycles. The first-order valence-electron chi connectivity index (χ1n) is 11.1. The maximum Gasteiger partial charge on any atom is 0.328 e. The predicted molar refractivity (Wildman–Crippen MR) is 127 cm³/mol. The number of carbonyl (C=O) groups excluding carboxylic acids is 1. The normalized spacial score (nSPS) is 15.1. The monoisotopic (exact) mass is 453 g/mol. The Morgan fingerprint density at radius 1 is 1.19 bits per heavy atom. The van der Waals surface area contributed by atoms with Crippen molar-refractivity contribution < 1.29 is 19.8 Å². The van der Waals surface area contributed by atoms with E-state index < -0.39 is 12.0 Å². The molecule has 1 aromatic carbocycles. The summed E-state index contributed by atoms with van der Waals surface area (Å²) in [6, 6.07) is 8.25. The molecule has 0 saturated carbocycles. The van der Waals surface area contributed by atoms with Gasteiger partial charge in [-0.05, 0) is 24.3 Å². The van der Waals surface area contributed by atoms with Crippen LogP contribution in [0.25, 0.3) is 0 Å². The average molecular weight is 454 g/mol. The Bertz CT molecular complexity index is 647. The summed E-state index contributed by atoms with van der Waals surface area (Å²) in [5, 5.41) is 20.3. The molecule has 0 aliphatic rings. The van der Waals surface area contributed by atoms with Crippen LogP contribution in [0, 0.1) is 11.8 Å². The van der Waals surface area contributed by atoms with Crippen LogP contribution >= 0.6 is 12.6 Å². The van der Waals surface area contributed by atoms with Crippen molar-refractivity contribution in [2.45, 2.75) is 64.5 Å². The van der Waals surface area contributed by atoms with E-state index in [1.807, 2.05) is 30.3 Å². The molecule has 0 aromatic heterocycles. The fourth-order valence-corrected chi connectivity index (χ4v) is 3.56. The highest BCUT2D eigenvalue weighted by molar-refractivity contribution is 7.80. The van der Waals surface area contributed by atoms with Gasteiger partial charge < -0.3 is 15.9 Å². The first-order valence-corrected chi connectivity index (χ1v) is 11.8. The third kappa shape index (κ3) is 10.0. The smallest absolute Gasteiger partial charge is 0.328 e. The maximum absolute atomic E-state index is 13.6. The van der Waals surface area contributed by atoms with Gasteiger partial charge in [0, 0.05) is 37.3 Å². The van der Waals surface area contributed by atoms with E-state index in [1.54, 1.807) is 0 Å². The Morgan fingerprint density at radius 2 is 1.87 bits per heavy atom. The van der Waals surface area contributed by atoms with Crippen LogP contribution in [0.2, 0.25) is 0 Å². The lowest BCUT2D eigenvalue weighted by Crippen LogP contribution is -2.57. The number of amides is 1. The maximum atomic E-state index is 13.6. The number of hydrogen-bond donors (Lipinski definition) is 5. The SMILES string of the molecule is CC[C@H](C)CCCC(Cc1ccccc1)C(=O)N(NC[C@@H](N)CS)[C@H](CCO)C(=O)O. The molecule has 4 atom stereocenters. The van der Waals surface area contributed by atoms with Gasteiger partial charge in [-0.2, -0.15) is 12.6 Å². The van der Waals surface area contributed by atoms with Crippen LogP contribution in [0.15, 0.2) is 30.3 Å². The zero-order chi connectivity index (χ0) is 23.2. The van der Waals surface area contributed by atoms with Gasteiger partial charge in [-0.25, -0.2) is 10.2 Å². The highest BCUT2D eigenvalue weighted by Crippen LogP contribution is 2.22. The summed E-state index contributed by atoms with van der Waals surface area (Å²) in [6.45, 7) is 4.23. The molecule has 1 rings (SSSR count). The second kappa shape index (κ2) is 15.2. The van der Waals surface area contributed by atoms with E-state index in [0.29, 0.717) is 24.5 Å². The number of carboxylic acid groups (broad SMARTS) is 1. The Hall–Kier alpha value is -1.61.